The van der Waals surface area contributed by atoms with E-state index < -0.39 is 8.07 Å². The van der Waals surface area contributed by atoms with E-state index in [0.29, 0.717) is 0 Å². The SMILES string of the molecule is CC(C)(C)Cc1ccnc(-c2[c-]ccc3c2oc2cc(-c4ccc(F)cc4)ccc23)c1.C[Si](C)(C)c1ccc(-c2[c-]cccc2)nc1.[Ir]. The van der Waals surface area contributed by atoms with Gasteiger partial charge in [0.2, 0.25) is 0 Å². The predicted molar refractivity (Wildman–Crippen MR) is 196 cm³/mol. The fourth-order valence-corrected chi connectivity index (χ4v) is 6.67. The van der Waals surface area contributed by atoms with Crippen LogP contribution in [0.5, 0.6) is 0 Å². The zero-order valence-electron chi connectivity index (χ0n) is 28.2. The van der Waals surface area contributed by atoms with E-state index in [4.69, 9.17) is 4.42 Å². The van der Waals surface area contributed by atoms with Crippen LogP contribution in [0.1, 0.15) is 26.3 Å². The van der Waals surface area contributed by atoms with E-state index in [-0.39, 0.29) is 31.3 Å². The number of fused-ring (bicyclic) bond motifs is 3. The molecule has 7 rings (SSSR count). The fraction of sp³-hybridized carbons (Fsp3) is 0.190. The molecule has 0 aliphatic rings. The van der Waals surface area contributed by atoms with Crippen LogP contribution in [0.15, 0.2) is 120 Å². The molecule has 6 heteroatoms. The number of aromatic nitrogens is 2. The summed E-state index contributed by atoms with van der Waals surface area (Å²) >= 11 is 0. The first-order valence-electron chi connectivity index (χ1n) is 16.0. The average Bonchev–Trinajstić information content (AvgIpc) is 3.43. The van der Waals surface area contributed by atoms with E-state index in [0.717, 1.165) is 62.0 Å². The van der Waals surface area contributed by atoms with Crippen LogP contribution in [0.25, 0.3) is 55.6 Å². The van der Waals surface area contributed by atoms with Crippen molar-refractivity contribution in [3.05, 3.63) is 139 Å². The second-order valence-corrected chi connectivity index (χ2v) is 19.2. The topological polar surface area (TPSA) is 38.9 Å². The summed E-state index contributed by atoms with van der Waals surface area (Å²) in [5.74, 6) is -0.241. The van der Waals surface area contributed by atoms with E-state index in [2.05, 4.69) is 92.8 Å². The maximum absolute atomic E-state index is 13.3. The predicted octanol–water partition coefficient (Wildman–Crippen LogP) is 10.9. The van der Waals surface area contributed by atoms with Crippen LogP contribution in [0.2, 0.25) is 19.6 Å². The van der Waals surface area contributed by atoms with Crippen LogP contribution in [0.4, 0.5) is 4.39 Å². The molecule has 0 atom stereocenters. The Morgan fingerprint density at radius 3 is 2.19 bits per heavy atom. The van der Waals surface area contributed by atoms with Gasteiger partial charge in [0.05, 0.1) is 13.7 Å². The molecular formula is C42H39FIrN2OSi-2. The van der Waals surface area contributed by atoms with Gasteiger partial charge >= 0.3 is 0 Å². The quantitative estimate of drug-likeness (QED) is 0.128. The minimum absolute atomic E-state index is 0. The minimum atomic E-state index is -1.23. The van der Waals surface area contributed by atoms with Crippen LogP contribution in [0, 0.1) is 23.4 Å². The van der Waals surface area contributed by atoms with E-state index in [9.17, 15) is 4.39 Å². The van der Waals surface area contributed by atoms with Crippen LogP contribution >= 0.6 is 0 Å². The number of rotatable bonds is 5. The summed E-state index contributed by atoms with van der Waals surface area (Å²) in [7, 11) is -1.23. The molecule has 3 aromatic heterocycles. The van der Waals surface area contributed by atoms with Gasteiger partial charge in [-0.05, 0) is 63.8 Å². The van der Waals surface area contributed by atoms with Gasteiger partial charge in [0, 0.05) is 37.9 Å². The van der Waals surface area contributed by atoms with Crippen molar-refractivity contribution in [3.63, 3.8) is 0 Å². The second-order valence-electron chi connectivity index (χ2n) is 14.2. The Balaban J connectivity index is 0.000000224. The Hall–Kier alpha value is -4.22. The Morgan fingerprint density at radius 1 is 0.750 bits per heavy atom. The molecule has 1 radical (unpaired) electrons. The fourth-order valence-electron chi connectivity index (χ4n) is 5.64. The van der Waals surface area contributed by atoms with Crippen molar-refractivity contribution in [1.29, 1.82) is 0 Å². The average molecular weight is 827 g/mol. The largest absolute Gasteiger partial charge is 0.501 e. The van der Waals surface area contributed by atoms with Gasteiger partial charge in [-0.3, -0.25) is 0 Å². The number of nitrogens with zero attached hydrogens (tertiary/aromatic N) is 2. The molecule has 0 amide bonds. The van der Waals surface area contributed by atoms with Crippen molar-refractivity contribution in [1.82, 2.24) is 9.97 Å². The van der Waals surface area contributed by atoms with Gasteiger partial charge in [-0.1, -0.05) is 99.4 Å². The van der Waals surface area contributed by atoms with Crippen molar-refractivity contribution >= 4 is 35.2 Å². The van der Waals surface area contributed by atoms with Crippen molar-refractivity contribution in [2.24, 2.45) is 5.41 Å². The molecule has 0 fully saturated rings. The second kappa shape index (κ2) is 14.5. The molecule has 4 aromatic carbocycles. The molecule has 7 aromatic rings. The van der Waals surface area contributed by atoms with Gasteiger partial charge in [0.15, 0.2) is 0 Å². The number of halogens is 1. The van der Waals surface area contributed by atoms with Gasteiger partial charge in [-0.25, -0.2) is 4.39 Å². The molecule has 0 spiro atoms. The third-order valence-corrected chi connectivity index (χ3v) is 10.1. The van der Waals surface area contributed by atoms with Crippen LogP contribution in [-0.2, 0) is 26.5 Å². The van der Waals surface area contributed by atoms with Crippen molar-refractivity contribution < 1.29 is 28.9 Å². The molecule has 48 heavy (non-hydrogen) atoms. The molecule has 0 saturated carbocycles. The molecule has 245 valence electrons. The van der Waals surface area contributed by atoms with E-state index in [1.165, 1.54) is 22.9 Å². The molecule has 0 saturated heterocycles. The first-order chi connectivity index (χ1) is 22.4. The van der Waals surface area contributed by atoms with Gasteiger partial charge in [0.25, 0.3) is 0 Å². The van der Waals surface area contributed by atoms with Crippen LogP contribution < -0.4 is 5.19 Å². The van der Waals surface area contributed by atoms with Gasteiger partial charge in [-0.2, -0.15) is 0 Å². The molecule has 0 aliphatic heterocycles. The van der Waals surface area contributed by atoms with E-state index >= 15 is 0 Å². The number of pyridine rings is 2. The summed E-state index contributed by atoms with van der Waals surface area (Å²) < 4.78 is 19.6. The van der Waals surface area contributed by atoms with Gasteiger partial charge in [0.1, 0.15) is 11.4 Å². The molecule has 3 heterocycles. The third-order valence-electron chi connectivity index (χ3n) is 8.04. The summed E-state index contributed by atoms with van der Waals surface area (Å²) in [5.41, 5.74) is 8.76. The first-order valence-corrected chi connectivity index (χ1v) is 19.5. The number of benzene rings is 4. The third kappa shape index (κ3) is 8.25. The normalized spacial score (nSPS) is 11.6. The number of hydrogen-bond donors (Lipinski definition) is 0. The zero-order chi connectivity index (χ0) is 33.2. The number of furan rings is 1. The van der Waals surface area contributed by atoms with Crippen LogP contribution in [-0.4, -0.2) is 18.0 Å². The first kappa shape index (κ1) is 35.1. The minimum Gasteiger partial charge on any atom is -0.501 e. The summed E-state index contributed by atoms with van der Waals surface area (Å²) in [6.45, 7) is 13.7. The molecular weight excluding hydrogens is 788 g/mol. The van der Waals surface area contributed by atoms with Crippen LogP contribution in [0.3, 0.4) is 0 Å². The standard InChI is InChI=1S/C28H23FNO.C14H16NSi.Ir/c1-28(2,3)17-18-13-14-30-25(15-18)24-6-4-5-23-22-12-9-20(16-26(22)31-27(23)24)19-7-10-21(29)11-8-19;1-16(2,3)13-9-10-14(15-11-13)12-7-5-4-6-8-12;/h4-5,7-16H,17H2,1-3H3;4-7,9-11H,1-3H3;/q2*-1;. The maximum Gasteiger partial charge on any atom is 0.123 e. The Kier molecular flexibility index (Phi) is 10.6. The Morgan fingerprint density at radius 2 is 1.52 bits per heavy atom. The van der Waals surface area contributed by atoms with Gasteiger partial charge in [-0.15, -0.1) is 54.1 Å². The molecule has 3 nitrogen and oxygen atoms in total. The molecule has 0 N–H and O–H groups in total. The maximum atomic E-state index is 13.3. The number of hydrogen-bond acceptors (Lipinski definition) is 3. The molecule has 0 unspecified atom stereocenters. The Bertz CT molecular complexity index is 2130. The van der Waals surface area contributed by atoms with Crippen molar-refractivity contribution in [2.45, 2.75) is 46.8 Å². The zero-order valence-corrected chi connectivity index (χ0v) is 31.6. The summed E-state index contributed by atoms with van der Waals surface area (Å²) in [6, 6.07) is 39.6. The van der Waals surface area contributed by atoms with E-state index in [1.54, 1.807) is 12.1 Å². The van der Waals surface area contributed by atoms with Gasteiger partial charge < -0.3 is 14.4 Å². The van der Waals surface area contributed by atoms with Crippen molar-refractivity contribution in [2.75, 3.05) is 0 Å². The monoisotopic (exact) mass is 827 g/mol. The smallest absolute Gasteiger partial charge is 0.123 e. The Labute approximate surface area is 297 Å². The summed E-state index contributed by atoms with van der Waals surface area (Å²) in [4.78, 5) is 9.13. The molecule has 0 aliphatic carbocycles. The summed E-state index contributed by atoms with van der Waals surface area (Å²) in [6.07, 6.45) is 4.85. The molecule has 0 bridgehead atoms. The van der Waals surface area contributed by atoms with E-state index in [1.807, 2.05) is 60.9 Å². The van der Waals surface area contributed by atoms with Crippen molar-refractivity contribution in [3.8, 4) is 33.6 Å². The summed E-state index contributed by atoms with van der Waals surface area (Å²) in [5, 5.41) is 3.48.